The van der Waals surface area contributed by atoms with Crippen molar-refractivity contribution < 1.29 is 14.6 Å². The van der Waals surface area contributed by atoms with Crippen molar-refractivity contribution in [2.45, 2.75) is 44.6 Å². The molecule has 2 atom stereocenters. The van der Waals surface area contributed by atoms with E-state index in [9.17, 15) is 5.11 Å². The van der Waals surface area contributed by atoms with E-state index in [0.29, 0.717) is 36.5 Å². The standard InChI is InChI=1S/C30H35ClN2O3/c1-2-35-27-7-3-4-8-28(27)36-20-25(34)19-33-16-13-21(14-17-33)29-26-12-11-24(31)18-23(26)10-9-22-6-5-15-32-30(22)29/h3-8,11-12,15,18,21,25,29,34H,2,9-10,13-14,16-17,19-20H2,1H3. The minimum Gasteiger partial charge on any atom is -0.490 e. The van der Waals surface area contributed by atoms with Crippen LogP contribution < -0.4 is 9.47 Å². The van der Waals surface area contributed by atoms with Gasteiger partial charge in [-0.15, -0.1) is 0 Å². The van der Waals surface area contributed by atoms with Crippen LogP contribution in [0.25, 0.3) is 0 Å². The van der Waals surface area contributed by atoms with Gasteiger partial charge in [0.2, 0.25) is 0 Å². The van der Waals surface area contributed by atoms with Crippen molar-refractivity contribution in [3.8, 4) is 11.5 Å². The number of fused-ring (bicyclic) bond motifs is 2. The van der Waals surface area contributed by atoms with E-state index in [-0.39, 0.29) is 6.61 Å². The number of β-amino-alcohol motifs (C(OH)–C–C–N with tert-alkyl or cyclic N) is 1. The second-order valence-electron chi connectivity index (χ2n) is 9.85. The maximum Gasteiger partial charge on any atom is 0.161 e. The number of para-hydroxylation sites is 2. The van der Waals surface area contributed by atoms with Crippen molar-refractivity contribution >= 4 is 11.6 Å². The zero-order valence-corrected chi connectivity index (χ0v) is 21.7. The van der Waals surface area contributed by atoms with Crippen LogP contribution in [-0.4, -0.2) is 53.9 Å². The molecule has 1 saturated heterocycles. The number of hydrogen-bond donors (Lipinski definition) is 1. The molecule has 0 saturated carbocycles. The summed E-state index contributed by atoms with van der Waals surface area (Å²) in [5.74, 6) is 2.20. The fourth-order valence-electron chi connectivity index (χ4n) is 5.78. The van der Waals surface area contributed by atoms with E-state index in [2.05, 4.69) is 29.2 Å². The number of aliphatic hydroxyl groups excluding tert-OH is 1. The van der Waals surface area contributed by atoms with Gasteiger partial charge >= 0.3 is 0 Å². The van der Waals surface area contributed by atoms with Crippen molar-refractivity contribution in [1.82, 2.24) is 9.88 Å². The molecule has 2 heterocycles. The van der Waals surface area contributed by atoms with Crippen molar-refractivity contribution in [3.05, 3.63) is 88.2 Å². The van der Waals surface area contributed by atoms with Gasteiger partial charge in [0.05, 0.1) is 12.3 Å². The molecule has 0 amide bonds. The highest BCUT2D eigenvalue weighted by molar-refractivity contribution is 6.30. The van der Waals surface area contributed by atoms with Crippen molar-refractivity contribution in [3.63, 3.8) is 0 Å². The molecule has 5 rings (SSSR count). The number of nitrogens with zero attached hydrogens (tertiary/aromatic N) is 2. The summed E-state index contributed by atoms with van der Waals surface area (Å²) in [6, 6.07) is 18.3. The molecule has 1 fully saturated rings. The Kier molecular flexibility index (Phi) is 8.10. The van der Waals surface area contributed by atoms with E-state index < -0.39 is 6.10 Å². The van der Waals surface area contributed by atoms with E-state index in [1.54, 1.807) is 0 Å². The number of likely N-dealkylation sites (tertiary alicyclic amines) is 1. The molecule has 1 aromatic heterocycles. The average Bonchev–Trinajstić information content (AvgIpc) is 3.05. The number of piperidine rings is 1. The molecule has 1 aliphatic heterocycles. The second kappa shape index (κ2) is 11.6. The lowest BCUT2D eigenvalue weighted by Crippen LogP contribution is -2.41. The van der Waals surface area contributed by atoms with Crippen LogP contribution in [0, 0.1) is 5.92 Å². The Morgan fingerprint density at radius 1 is 1.00 bits per heavy atom. The van der Waals surface area contributed by atoms with Gasteiger partial charge in [-0.1, -0.05) is 35.9 Å². The topological polar surface area (TPSA) is 54.8 Å². The fraction of sp³-hybridized carbons (Fsp3) is 0.433. The monoisotopic (exact) mass is 506 g/mol. The van der Waals surface area contributed by atoms with Gasteiger partial charge < -0.3 is 19.5 Å². The third-order valence-corrected chi connectivity index (χ3v) is 7.71. The van der Waals surface area contributed by atoms with Crippen molar-refractivity contribution in [1.29, 1.82) is 0 Å². The SMILES string of the molecule is CCOc1ccccc1OCC(O)CN1CCC(C2c3ccc(Cl)cc3CCc3cccnc32)CC1. The van der Waals surface area contributed by atoms with E-state index in [0.717, 1.165) is 43.8 Å². The van der Waals surface area contributed by atoms with Gasteiger partial charge in [-0.3, -0.25) is 4.98 Å². The molecule has 0 bridgehead atoms. The van der Waals surface area contributed by atoms with Crippen molar-refractivity contribution in [2.75, 3.05) is 32.8 Å². The molecule has 2 aromatic carbocycles. The lowest BCUT2D eigenvalue weighted by Gasteiger charge is -2.37. The normalized spacial score (nSPS) is 19.1. The highest BCUT2D eigenvalue weighted by atomic mass is 35.5. The molecule has 1 N–H and O–H groups in total. The number of aromatic nitrogens is 1. The second-order valence-corrected chi connectivity index (χ2v) is 10.3. The van der Waals surface area contributed by atoms with Gasteiger partial charge in [0.25, 0.3) is 0 Å². The zero-order valence-electron chi connectivity index (χ0n) is 20.9. The predicted octanol–water partition coefficient (Wildman–Crippen LogP) is 5.52. The first-order valence-electron chi connectivity index (χ1n) is 13.1. The fourth-order valence-corrected chi connectivity index (χ4v) is 5.97. The Balaban J connectivity index is 1.22. The number of benzene rings is 2. The van der Waals surface area contributed by atoms with Gasteiger partial charge in [-0.2, -0.15) is 0 Å². The average molecular weight is 507 g/mol. The van der Waals surface area contributed by atoms with Crippen LogP contribution in [-0.2, 0) is 12.8 Å². The number of aryl methyl sites for hydroxylation is 2. The predicted molar refractivity (Wildman–Crippen MR) is 143 cm³/mol. The molecular weight excluding hydrogens is 472 g/mol. The molecule has 190 valence electrons. The van der Waals surface area contributed by atoms with Gasteiger partial charge in [0, 0.05) is 23.7 Å². The molecule has 2 aliphatic rings. The summed E-state index contributed by atoms with van der Waals surface area (Å²) in [4.78, 5) is 7.24. The first-order chi connectivity index (χ1) is 17.6. The van der Waals surface area contributed by atoms with E-state index in [1.807, 2.05) is 43.5 Å². The Morgan fingerprint density at radius 2 is 1.75 bits per heavy atom. The summed E-state index contributed by atoms with van der Waals surface area (Å²) < 4.78 is 11.5. The van der Waals surface area contributed by atoms with Crippen LogP contribution >= 0.6 is 11.6 Å². The molecule has 5 nitrogen and oxygen atoms in total. The van der Waals surface area contributed by atoms with E-state index in [4.69, 9.17) is 26.1 Å². The summed E-state index contributed by atoms with van der Waals surface area (Å²) in [5, 5.41) is 11.5. The van der Waals surface area contributed by atoms with Gasteiger partial charge in [0.1, 0.15) is 12.7 Å². The Labute approximate surface area is 219 Å². The summed E-state index contributed by atoms with van der Waals surface area (Å²) in [6.07, 6.45) is 5.53. The summed E-state index contributed by atoms with van der Waals surface area (Å²) >= 11 is 6.37. The minimum atomic E-state index is -0.556. The maximum absolute atomic E-state index is 10.7. The molecule has 6 heteroatoms. The van der Waals surface area contributed by atoms with Gasteiger partial charge in [0.15, 0.2) is 11.5 Å². The zero-order chi connectivity index (χ0) is 24.9. The third kappa shape index (κ3) is 5.69. The molecule has 0 radical (unpaired) electrons. The number of hydrogen-bond acceptors (Lipinski definition) is 5. The molecule has 2 unspecified atom stereocenters. The van der Waals surface area contributed by atoms with Crippen LogP contribution in [0.3, 0.4) is 0 Å². The lowest BCUT2D eigenvalue weighted by atomic mass is 9.76. The molecule has 3 aromatic rings. The van der Waals surface area contributed by atoms with Crippen LogP contribution in [0.4, 0.5) is 0 Å². The Morgan fingerprint density at radius 3 is 2.53 bits per heavy atom. The number of aliphatic hydroxyl groups is 1. The van der Waals surface area contributed by atoms with Crippen molar-refractivity contribution in [2.24, 2.45) is 5.92 Å². The van der Waals surface area contributed by atoms with E-state index >= 15 is 0 Å². The van der Waals surface area contributed by atoms with Crippen LogP contribution in [0.2, 0.25) is 5.02 Å². The third-order valence-electron chi connectivity index (χ3n) is 7.48. The minimum absolute atomic E-state index is 0.248. The Bertz CT molecular complexity index is 1160. The molecule has 36 heavy (non-hydrogen) atoms. The van der Waals surface area contributed by atoms with Crippen LogP contribution in [0.15, 0.2) is 60.8 Å². The molecule has 0 spiro atoms. The maximum atomic E-state index is 10.7. The highest BCUT2D eigenvalue weighted by Crippen LogP contribution is 2.42. The van der Waals surface area contributed by atoms with Gasteiger partial charge in [-0.05, 0) is 98.6 Å². The smallest absolute Gasteiger partial charge is 0.161 e. The summed E-state index contributed by atoms with van der Waals surface area (Å²) in [5.41, 5.74) is 5.33. The number of ether oxygens (including phenoxy) is 2. The number of halogens is 1. The molecular formula is C30H35ClN2O3. The van der Waals surface area contributed by atoms with Crippen LogP contribution in [0.1, 0.15) is 48.1 Å². The van der Waals surface area contributed by atoms with Crippen LogP contribution in [0.5, 0.6) is 11.5 Å². The number of rotatable bonds is 8. The summed E-state index contributed by atoms with van der Waals surface area (Å²) in [7, 11) is 0. The largest absolute Gasteiger partial charge is 0.490 e. The highest BCUT2D eigenvalue weighted by Gasteiger charge is 2.34. The lowest BCUT2D eigenvalue weighted by molar-refractivity contribution is 0.0527. The summed E-state index contributed by atoms with van der Waals surface area (Å²) in [6.45, 7) is 5.30. The molecule has 1 aliphatic carbocycles. The quantitative estimate of drug-likeness (QED) is 0.436. The van der Waals surface area contributed by atoms with E-state index in [1.165, 1.54) is 22.4 Å². The van der Waals surface area contributed by atoms with Gasteiger partial charge in [-0.25, -0.2) is 0 Å². The number of pyridine rings is 1. The Hall–Kier alpha value is -2.60. The first kappa shape index (κ1) is 25.1. The first-order valence-corrected chi connectivity index (χ1v) is 13.5.